The molecule has 11 heteroatoms. The molecule has 1 amide bonds. The van der Waals surface area contributed by atoms with Crippen LogP contribution in [0.4, 0.5) is 11.4 Å². The van der Waals surface area contributed by atoms with Gasteiger partial charge in [0.25, 0.3) is 11.5 Å². The molecule has 0 spiro atoms. The molecule has 148 valence electrons. The maximum Gasteiger partial charge on any atom is 0.326 e. The molecule has 0 aliphatic carbocycles. The van der Waals surface area contributed by atoms with Crippen LogP contribution in [0.25, 0.3) is 10.9 Å². The van der Waals surface area contributed by atoms with Gasteiger partial charge in [0.15, 0.2) is 0 Å². The first-order chi connectivity index (χ1) is 13.2. The number of amides is 1. The van der Waals surface area contributed by atoms with E-state index in [-0.39, 0.29) is 17.0 Å². The average molecular weight is 405 g/mol. The van der Waals surface area contributed by atoms with Crippen molar-refractivity contribution in [3.05, 3.63) is 28.6 Å². The van der Waals surface area contributed by atoms with Crippen LogP contribution in [0.15, 0.2) is 23.0 Å². The second kappa shape index (κ2) is 7.40. The molecule has 0 bridgehead atoms. The predicted molar refractivity (Wildman–Crippen MR) is 103 cm³/mol. The SMILES string of the molecule is Cn1c(=O)c(NCCCCC#N)cc2cc(N3CC(=O)NS3(=O)=O)c(O)cc21. The van der Waals surface area contributed by atoms with Crippen LogP contribution in [0.1, 0.15) is 19.3 Å². The van der Waals surface area contributed by atoms with Gasteiger partial charge in [0.05, 0.1) is 17.3 Å². The number of pyridine rings is 1. The summed E-state index contributed by atoms with van der Waals surface area (Å²) in [6, 6.07) is 6.34. The molecule has 1 fully saturated rings. The summed E-state index contributed by atoms with van der Waals surface area (Å²) in [5, 5.41) is 22.4. The lowest BCUT2D eigenvalue weighted by Crippen LogP contribution is -2.29. The lowest BCUT2D eigenvalue weighted by atomic mass is 10.1. The monoisotopic (exact) mass is 405 g/mol. The number of nitrogens with one attached hydrogen (secondary N) is 2. The molecular weight excluding hydrogens is 386 g/mol. The fourth-order valence-corrected chi connectivity index (χ4v) is 4.19. The van der Waals surface area contributed by atoms with Crippen LogP contribution >= 0.6 is 0 Å². The summed E-state index contributed by atoms with van der Waals surface area (Å²) in [5.74, 6) is -1.06. The smallest absolute Gasteiger partial charge is 0.326 e. The van der Waals surface area contributed by atoms with E-state index in [4.69, 9.17) is 5.26 Å². The number of carbonyl (C=O) groups excluding carboxylic acids is 1. The highest BCUT2D eigenvalue weighted by Crippen LogP contribution is 2.34. The van der Waals surface area contributed by atoms with Crippen LogP contribution in [0.3, 0.4) is 0 Å². The minimum atomic E-state index is -4.07. The van der Waals surface area contributed by atoms with Crippen molar-refractivity contribution < 1.29 is 18.3 Å². The van der Waals surface area contributed by atoms with E-state index >= 15 is 0 Å². The van der Waals surface area contributed by atoms with E-state index in [1.165, 1.54) is 16.7 Å². The quantitative estimate of drug-likeness (QED) is 0.595. The van der Waals surface area contributed by atoms with E-state index in [1.807, 2.05) is 4.72 Å². The minimum absolute atomic E-state index is 0.0514. The standard InChI is InChI=1S/C17H19N5O5S/c1-21-13-9-15(23)14(22-10-16(24)20-28(22,26)27)8-11(13)7-12(17(21)25)19-6-4-2-3-5-18/h7-9,19,23H,2-4,6,10H2,1H3,(H,20,24). The van der Waals surface area contributed by atoms with Crippen molar-refractivity contribution in [2.45, 2.75) is 19.3 Å². The van der Waals surface area contributed by atoms with Gasteiger partial charge in [0.2, 0.25) is 0 Å². The van der Waals surface area contributed by atoms with Gasteiger partial charge in [-0.15, -0.1) is 0 Å². The first-order valence-electron chi connectivity index (χ1n) is 8.55. The number of rotatable bonds is 6. The van der Waals surface area contributed by atoms with Gasteiger partial charge in [-0.2, -0.15) is 13.7 Å². The van der Waals surface area contributed by atoms with Gasteiger partial charge < -0.3 is 15.0 Å². The number of benzene rings is 1. The fraction of sp³-hybridized carbons (Fsp3) is 0.353. The highest BCUT2D eigenvalue weighted by molar-refractivity contribution is 7.92. The lowest BCUT2D eigenvalue weighted by molar-refractivity contribution is -0.117. The molecular formula is C17H19N5O5S. The van der Waals surface area contributed by atoms with Crippen LogP contribution < -0.4 is 19.9 Å². The van der Waals surface area contributed by atoms with Crippen molar-refractivity contribution in [2.75, 3.05) is 22.7 Å². The van der Waals surface area contributed by atoms with E-state index in [1.54, 1.807) is 13.1 Å². The van der Waals surface area contributed by atoms with Crippen molar-refractivity contribution in [3.8, 4) is 11.8 Å². The Morgan fingerprint density at radius 2 is 2.04 bits per heavy atom. The molecule has 2 heterocycles. The van der Waals surface area contributed by atoms with Crippen molar-refractivity contribution in [3.63, 3.8) is 0 Å². The molecule has 0 atom stereocenters. The van der Waals surface area contributed by atoms with E-state index in [0.717, 1.165) is 10.7 Å². The maximum atomic E-state index is 12.5. The number of carbonyl (C=O) groups is 1. The molecule has 1 aromatic heterocycles. The summed E-state index contributed by atoms with van der Waals surface area (Å²) in [6.07, 6.45) is 1.87. The first kappa shape index (κ1) is 19.5. The molecule has 1 aromatic carbocycles. The Morgan fingerprint density at radius 1 is 1.29 bits per heavy atom. The van der Waals surface area contributed by atoms with Crippen LogP contribution in [-0.2, 0) is 22.1 Å². The topological polar surface area (TPSA) is 145 Å². The Labute approximate surface area is 161 Å². The Hall–Kier alpha value is -3.26. The number of hydrogen-bond acceptors (Lipinski definition) is 7. The number of hydrogen-bond donors (Lipinski definition) is 3. The molecule has 1 aliphatic heterocycles. The third-order valence-corrected chi connectivity index (χ3v) is 5.83. The predicted octanol–water partition coefficient (Wildman–Crippen LogP) is 0.531. The van der Waals surface area contributed by atoms with Gasteiger partial charge in [-0.1, -0.05) is 0 Å². The van der Waals surface area contributed by atoms with Gasteiger partial charge in [0.1, 0.15) is 18.0 Å². The number of phenolic OH excluding ortho intramolecular Hbond substituents is 1. The Morgan fingerprint density at radius 3 is 2.68 bits per heavy atom. The second-order valence-electron chi connectivity index (χ2n) is 6.40. The highest BCUT2D eigenvalue weighted by atomic mass is 32.2. The third kappa shape index (κ3) is 3.59. The molecule has 2 aromatic rings. The lowest BCUT2D eigenvalue weighted by Gasteiger charge is -2.18. The molecule has 0 saturated carbocycles. The highest BCUT2D eigenvalue weighted by Gasteiger charge is 2.35. The summed E-state index contributed by atoms with van der Waals surface area (Å²) in [5.41, 5.74) is 0.384. The van der Waals surface area contributed by atoms with Gasteiger partial charge in [0, 0.05) is 31.5 Å². The van der Waals surface area contributed by atoms with Crippen molar-refractivity contribution in [1.82, 2.24) is 9.29 Å². The zero-order chi connectivity index (χ0) is 20.5. The zero-order valence-electron chi connectivity index (χ0n) is 15.1. The number of nitriles is 1. The molecule has 3 rings (SSSR count). The molecule has 28 heavy (non-hydrogen) atoms. The summed E-state index contributed by atoms with van der Waals surface area (Å²) >= 11 is 0. The summed E-state index contributed by atoms with van der Waals surface area (Å²) in [4.78, 5) is 24.0. The molecule has 0 radical (unpaired) electrons. The van der Waals surface area contributed by atoms with Crippen LogP contribution in [0.5, 0.6) is 5.75 Å². The number of unbranched alkanes of at least 4 members (excludes halogenated alkanes) is 2. The second-order valence-corrected chi connectivity index (χ2v) is 8.00. The van der Waals surface area contributed by atoms with Crippen LogP contribution in [-0.4, -0.2) is 37.1 Å². The Balaban J connectivity index is 2.00. The maximum absolute atomic E-state index is 12.5. The number of aromatic nitrogens is 1. The number of anilines is 2. The summed E-state index contributed by atoms with van der Waals surface area (Å²) < 4.78 is 28.1. The summed E-state index contributed by atoms with van der Waals surface area (Å²) in [6.45, 7) is 0.0729. The minimum Gasteiger partial charge on any atom is -0.506 e. The molecule has 0 unspecified atom stereocenters. The normalized spacial score (nSPS) is 15.4. The largest absolute Gasteiger partial charge is 0.506 e. The van der Waals surface area contributed by atoms with E-state index in [0.29, 0.717) is 36.0 Å². The Bertz CT molecular complexity index is 1150. The van der Waals surface area contributed by atoms with Gasteiger partial charge in [-0.05, 0) is 25.0 Å². The van der Waals surface area contributed by atoms with E-state index in [9.17, 15) is 23.1 Å². The van der Waals surface area contributed by atoms with E-state index < -0.39 is 22.7 Å². The fourth-order valence-electron chi connectivity index (χ4n) is 3.04. The Kier molecular flexibility index (Phi) is 5.15. The number of phenols is 1. The third-order valence-electron chi connectivity index (χ3n) is 4.44. The van der Waals surface area contributed by atoms with Crippen molar-refractivity contribution in [1.29, 1.82) is 5.26 Å². The van der Waals surface area contributed by atoms with Crippen LogP contribution in [0, 0.1) is 11.3 Å². The summed E-state index contributed by atoms with van der Waals surface area (Å²) in [7, 11) is -2.52. The number of aryl methyl sites for hydroxylation is 1. The first-order valence-corrected chi connectivity index (χ1v) is 9.99. The average Bonchev–Trinajstić information content (AvgIpc) is 2.91. The van der Waals surface area contributed by atoms with Gasteiger partial charge in [-0.25, -0.2) is 9.03 Å². The van der Waals surface area contributed by atoms with Crippen molar-refractivity contribution >= 4 is 38.4 Å². The molecule has 1 aliphatic rings. The van der Waals surface area contributed by atoms with Crippen molar-refractivity contribution in [2.24, 2.45) is 7.05 Å². The molecule has 10 nitrogen and oxygen atoms in total. The van der Waals surface area contributed by atoms with Gasteiger partial charge >= 0.3 is 10.2 Å². The molecule has 1 saturated heterocycles. The zero-order valence-corrected chi connectivity index (χ0v) is 15.9. The van der Waals surface area contributed by atoms with Gasteiger partial charge in [-0.3, -0.25) is 9.59 Å². The number of aromatic hydroxyl groups is 1. The van der Waals surface area contributed by atoms with E-state index in [2.05, 4.69) is 11.4 Å². The molecule has 3 N–H and O–H groups in total. The number of nitrogens with zero attached hydrogens (tertiary/aromatic N) is 3. The van der Waals surface area contributed by atoms with Crippen LogP contribution in [0.2, 0.25) is 0 Å². The number of fused-ring (bicyclic) bond motifs is 1.